The molecule has 5 rings (SSSR count). The van der Waals surface area contributed by atoms with E-state index in [1.807, 2.05) is 6.07 Å². The first-order chi connectivity index (χ1) is 15.3. The Bertz CT molecular complexity index is 1350. The monoisotopic (exact) mass is 436 g/mol. The molecule has 0 radical (unpaired) electrons. The smallest absolute Gasteiger partial charge is 0.325 e. The maximum atomic E-state index is 13.8. The van der Waals surface area contributed by atoms with Crippen molar-refractivity contribution in [1.29, 1.82) is 5.26 Å². The number of benzene rings is 1. The van der Waals surface area contributed by atoms with Gasteiger partial charge < -0.3 is 4.90 Å². The molecule has 1 aliphatic heterocycles. The molecule has 8 nitrogen and oxygen atoms in total. The number of anilines is 2. The number of hydrogen-bond acceptors (Lipinski definition) is 6. The molecule has 0 atom stereocenters. The second-order valence-corrected chi connectivity index (χ2v) is 7.27. The molecule has 0 aliphatic carbocycles. The molecule has 0 fully saturated rings. The third kappa shape index (κ3) is 3.26. The SMILES string of the molecule is Cc1cc(-n2ccc(-n3nccn3)n2)c2c(n1)N(c1ccc(C#N)cc1C(F)(F)F)CC2. The first kappa shape index (κ1) is 19.7. The fourth-order valence-electron chi connectivity index (χ4n) is 3.86. The molecule has 0 saturated carbocycles. The van der Waals surface area contributed by atoms with Gasteiger partial charge in [0, 0.05) is 30.1 Å². The quantitative estimate of drug-likeness (QED) is 0.486. The third-order valence-electron chi connectivity index (χ3n) is 5.22. The molecule has 160 valence electrons. The number of nitriles is 1. The lowest BCUT2D eigenvalue weighted by Gasteiger charge is -2.23. The van der Waals surface area contributed by atoms with Gasteiger partial charge in [-0.05, 0) is 37.6 Å². The van der Waals surface area contributed by atoms with Crippen molar-refractivity contribution in [2.45, 2.75) is 19.5 Å². The van der Waals surface area contributed by atoms with Crippen molar-refractivity contribution < 1.29 is 13.2 Å². The zero-order valence-corrected chi connectivity index (χ0v) is 16.7. The number of aromatic nitrogens is 6. The van der Waals surface area contributed by atoms with E-state index in [9.17, 15) is 13.2 Å². The van der Waals surface area contributed by atoms with E-state index in [2.05, 4.69) is 20.3 Å². The Labute approximate surface area is 180 Å². The van der Waals surface area contributed by atoms with Crippen LogP contribution in [0.5, 0.6) is 0 Å². The Morgan fingerprint density at radius 3 is 2.56 bits per heavy atom. The van der Waals surface area contributed by atoms with Crippen molar-refractivity contribution in [3.8, 4) is 17.6 Å². The van der Waals surface area contributed by atoms with Gasteiger partial charge in [0.15, 0.2) is 5.82 Å². The largest absolute Gasteiger partial charge is 0.418 e. The van der Waals surface area contributed by atoms with Crippen LogP contribution in [0.2, 0.25) is 0 Å². The predicted molar refractivity (Wildman–Crippen MR) is 108 cm³/mol. The van der Waals surface area contributed by atoms with Crippen LogP contribution in [0.3, 0.4) is 0 Å². The predicted octanol–water partition coefficient (Wildman–Crippen LogP) is 3.74. The third-order valence-corrected chi connectivity index (χ3v) is 5.22. The Kier molecular flexibility index (Phi) is 4.44. The topological polar surface area (TPSA) is 88.4 Å². The zero-order chi connectivity index (χ0) is 22.5. The minimum absolute atomic E-state index is 0.0267. The van der Waals surface area contributed by atoms with E-state index in [1.54, 1.807) is 47.2 Å². The molecule has 4 heterocycles. The average molecular weight is 436 g/mol. The van der Waals surface area contributed by atoms with Gasteiger partial charge in [-0.2, -0.15) is 28.6 Å². The van der Waals surface area contributed by atoms with Crippen LogP contribution in [0.4, 0.5) is 24.7 Å². The Morgan fingerprint density at radius 1 is 1.06 bits per heavy atom. The number of alkyl halides is 3. The molecule has 11 heteroatoms. The number of nitrogens with zero attached hydrogens (tertiary/aromatic N) is 8. The van der Waals surface area contributed by atoms with Gasteiger partial charge in [0.1, 0.15) is 5.82 Å². The molecule has 0 unspecified atom stereocenters. The number of aryl methyl sites for hydroxylation is 1. The highest BCUT2D eigenvalue weighted by Gasteiger charge is 2.37. The van der Waals surface area contributed by atoms with Crippen molar-refractivity contribution in [3.63, 3.8) is 0 Å². The van der Waals surface area contributed by atoms with E-state index < -0.39 is 11.7 Å². The van der Waals surface area contributed by atoms with Crippen molar-refractivity contribution >= 4 is 11.5 Å². The van der Waals surface area contributed by atoms with Gasteiger partial charge in [0.25, 0.3) is 0 Å². The standard InChI is InChI=1S/C21H15F3N8/c1-13-10-18(31-9-5-19(29-31)32-26-6-7-27-32)15-4-8-30(20(15)28-13)17-3-2-14(12-25)11-16(17)21(22,23)24/h2-3,5-7,9-11H,4,8H2,1H3. The van der Waals surface area contributed by atoms with E-state index in [4.69, 9.17) is 5.26 Å². The summed E-state index contributed by atoms with van der Waals surface area (Å²) in [5, 5.41) is 21.7. The van der Waals surface area contributed by atoms with E-state index in [-0.39, 0.29) is 11.3 Å². The summed E-state index contributed by atoms with van der Waals surface area (Å²) in [7, 11) is 0. The van der Waals surface area contributed by atoms with Crippen LogP contribution in [0.25, 0.3) is 11.5 Å². The van der Waals surface area contributed by atoms with Crippen LogP contribution < -0.4 is 4.90 Å². The van der Waals surface area contributed by atoms with Crippen LogP contribution in [0, 0.1) is 18.3 Å². The molecule has 0 amide bonds. The maximum Gasteiger partial charge on any atom is 0.418 e. The first-order valence-electron chi connectivity index (χ1n) is 9.67. The highest BCUT2D eigenvalue weighted by molar-refractivity contribution is 5.73. The highest BCUT2D eigenvalue weighted by atomic mass is 19.4. The fraction of sp³-hybridized carbons (Fsp3) is 0.190. The maximum absolute atomic E-state index is 13.8. The molecule has 0 saturated heterocycles. The van der Waals surface area contributed by atoms with Crippen LogP contribution >= 0.6 is 0 Å². The Morgan fingerprint density at radius 2 is 1.84 bits per heavy atom. The lowest BCUT2D eigenvalue weighted by molar-refractivity contribution is -0.137. The molecule has 0 N–H and O–H groups in total. The molecule has 32 heavy (non-hydrogen) atoms. The van der Waals surface area contributed by atoms with Crippen molar-refractivity contribution in [2.24, 2.45) is 0 Å². The molecular weight excluding hydrogens is 421 g/mol. The number of pyridine rings is 1. The summed E-state index contributed by atoms with van der Waals surface area (Å²) < 4.78 is 43.0. The van der Waals surface area contributed by atoms with Crippen molar-refractivity contribution in [3.05, 3.63) is 71.3 Å². The lowest BCUT2D eigenvalue weighted by Crippen LogP contribution is -2.20. The molecule has 1 aliphatic rings. The highest BCUT2D eigenvalue weighted by Crippen LogP contribution is 2.43. The molecule has 0 bridgehead atoms. The minimum Gasteiger partial charge on any atom is -0.325 e. The molecule has 1 aromatic carbocycles. The van der Waals surface area contributed by atoms with Gasteiger partial charge in [0.2, 0.25) is 0 Å². The number of fused-ring (bicyclic) bond motifs is 1. The molecule has 3 aromatic heterocycles. The second kappa shape index (κ2) is 7.19. The van der Waals surface area contributed by atoms with E-state index in [0.717, 1.165) is 17.3 Å². The van der Waals surface area contributed by atoms with Crippen LogP contribution in [-0.2, 0) is 12.6 Å². The fourth-order valence-corrected chi connectivity index (χ4v) is 3.86. The number of halogens is 3. The summed E-state index contributed by atoms with van der Waals surface area (Å²) in [5.41, 5.74) is 1.23. The Hall–Kier alpha value is -4.20. The molecule has 4 aromatic rings. The minimum atomic E-state index is -4.61. The zero-order valence-electron chi connectivity index (χ0n) is 16.7. The van der Waals surface area contributed by atoms with Crippen molar-refractivity contribution in [1.82, 2.24) is 29.8 Å². The van der Waals surface area contributed by atoms with Gasteiger partial charge >= 0.3 is 6.18 Å². The summed E-state index contributed by atoms with van der Waals surface area (Å²) in [6.45, 7) is 2.10. The van der Waals surface area contributed by atoms with Crippen LogP contribution in [0.15, 0.2) is 48.9 Å². The van der Waals surface area contributed by atoms with Gasteiger partial charge in [-0.1, -0.05) is 0 Å². The number of rotatable bonds is 3. The summed E-state index contributed by atoms with van der Waals surface area (Å²) in [4.78, 5) is 7.47. The van der Waals surface area contributed by atoms with Crippen LogP contribution in [0.1, 0.15) is 22.4 Å². The van der Waals surface area contributed by atoms with Gasteiger partial charge in [-0.3, -0.25) is 0 Å². The number of hydrogen-bond donors (Lipinski definition) is 0. The summed E-state index contributed by atoms with van der Waals surface area (Å²) in [5.74, 6) is 0.962. The molecular formula is C21H15F3N8. The normalized spacial score (nSPS) is 13.3. The van der Waals surface area contributed by atoms with Gasteiger partial charge in [-0.15, -0.1) is 9.90 Å². The van der Waals surface area contributed by atoms with Gasteiger partial charge in [0.05, 0.1) is 41.0 Å². The summed E-state index contributed by atoms with van der Waals surface area (Å²) in [6.07, 6.45) is 0.719. The second-order valence-electron chi connectivity index (χ2n) is 7.27. The van der Waals surface area contributed by atoms with Crippen molar-refractivity contribution in [2.75, 3.05) is 11.4 Å². The lowest BCUT2D eigenvalue weighted by atomic mass is 10.1. The van der Waals surface area contributed by atoms with Gasteiger partial charge in [-0.25, -0.2) is 9.67 Å². The van der Waals surface area contributed by atoms with E-state index >= 15 is 0 Å². The van der Waals surface area contributed by atoms with Crippen LogP contribution in [-0.4, -0.2) is 36.3 Å². The summed E-state index contributed by atoms with van der Waals surface area (Å²) >= 11 is 0. The molecule has 0 spiro atoms. The van der Waals surface area contributed by atoms with E-state index in [1.165, 1.54) is 16.9 Å². The van der Waals surface area contributed by atoms with E-state index in [0.29, 0.717) is 30.3 Å². The average Bonchev–Trinajstić information content (AvgIpc) is 3.52. The Balaban J connectivity index is 1.61. The first-order valence-corrected chi connectivity index (χ1v) is 9.67. The summed E-state index contributed by atoms with van der Waals surface area (Å²) in [6, 6.07) is 8.96.